The molecule has 0 aromatic heterocycles. The number of nitrogens with zero attached hydrogens (tertiary/aromatic N) is 1. The number of hydrogen-bond acceptors (Lipinski definition) is 6. The number of carbonyl (C=O) groups excluding carboxylic acids is 1. The second-order valence-corrected chi connectivity index (χ2v) is 6.56. The molecule has 1 N–H and O–H groups in total. The normalized spacial score (nSPS) is 13.1. The first kappa shape index (κ1) is 24.3. The summed E-state index contributed by atoms with van der Waals surface area (Å²) in [6.07, 6.45) is -4.75. The summed E-state index contributed by atoms with van der Waals surface area (Å²) in [5.41, 5.74) is 2.85. The van der Waals surface area contributed by atoms with E-state index in [1.54, 1.807) is 25.1 Å². The van der Waals surface area contributed by atoms with Crippen LogP contribution in [0, 0.1) is 12.7 Å². The van der Waals surface area contributed by atoms with Crippen LogP contribution >= 0.6 is 0 Å². The number of rotatable bonds is 8. The number of halogens is 4. The minimum atomic E-state index is -4.75. The van der Waals surface area contributed by atoms with Crippen molar-refractivity contribution in [2.24, 2.45) is 5.16 Å². The van der Waals surface area contributed by atoms with Crippen LogP contribution in [-0.4, -0.2) is 25.9 Å². The van der Waals surface area contributed by atoms with Crippen LogP contribution in [0.5, 0.6) is 0 Å². The molecule has 0 spiro atoms. The van der Waals surface area contributed by atoms with E-state index in [4.69, 9.17) is 14.4 Å². The smallest absolute Gasteiger partial charge is 0.417 e. The maximum atomic E-state index is 13.3. The molecule has 1 atom stereocenters. The summed E-state index contributed by atoms with van der Waals surface area (Å²) in [5, 5.41) is 3.77. The highest BCUT2D eigenvalue weighted by Gasteiger charge is 2.34. The summed E-state index contributed by atoms with van der Waals surface area (Å²) < 4.78 is 57.8. The van der Waals surface area contributed by atoms with Crippen LogP contribution in [0.4, 0.5) is 17.6 Å². The minimum absolute atomic E-state index is 0.0815. The van der Waals surface area contributed by atoms with Crippen LogP contribution in [0.3, 0.4) is 0 Å². The number of carbonyl (C=O) groups is 1. The third kappa shape index (κ3) is 6.02. The van der Waals surface area contributed by atoms with Crippen molar-refractivity contribution in [3.8, 4) is 0 Å². The van der Waals surface area contributed by atoms with E-state index in [1.165, 1.54) is 21.1 Å². The fraction of sp³-hybridized carbons (Fsp3) is 0.333. The number of esters is 1. The van der Waals surface area contributed by atoms with Gasteiger partial charge in [-0.2, -0.15) is 18.7 Å². The summed E-state index contributed by atoms with van der Waals surface area (Å²) >= 11 is 0. The Morgan fingerprint density at radius 2 is 1.90 bits per heavy atom. The van der Waals surface area contributed by atoms with E-state index in [2.05, 4.69) is 10.6 Å². The number of ether oxygens (including phenoxy) is 1. The van der Waals surface area contributed by atoms with Crippen molar-refractivity contribution >= 4 is 11.7 Å². The van der Waals surface area contributed by atoms with Crippen LogP contribution in [-0.2, 0) is 32.0 Å². The molecular weight excluding hydrogens is 420 g/mol. The molecular formula is C21H22F4N2O4. The lowest BCUT2D eigenvalue weighted by Gasteiger charge is -2.19. The SMILES string of the molecule is CONC(C(=O)OC)c1cccc(C)c1CO/N=C(\C)c1ccc(F)cc1C(F)(F)F. The molecule has 0 aliphatic rings. The number of aryl methyl sites for hydroxylation is 1. The van der Waals surface area contributed by atoms with Crippen LogP contribution in [0.15, 0.2) is 41.6 Å². The van der Waals surface area contributed by atoms with Gasteiger partial charge in [-0.05, 0) is 43.2 Å². The molecule has 0 saturated carbocycles. The highest BCUT2D eigenvalue weighted by Crippen LogP contribution is 2.33. The molecule has 2 aromatic rings. The van der Waals surface area contributed by atoms with Gasteiger partial charge in [-0.15, -0.1) is 0 Å². The van der Waals surface area contributed by atoms with Crippen molar-refractivity contribution in [3.05, 3.63) is 70.0 Å². The number of hydroxylamine groups is 1. The standard InChI is InChI=1S/C21H22F4N2O4/c1-12-6-5-7-16(19(27-30-4)20(28)29-3)17(12)11-31-26-13(2)15-9-8-14(22)10-18(15)21(23,24)25/h5-10,19,27H,11H2,1-4H3/b26-13+. The predicted octanol–water partition coefficient (Wildman–Crippen LogP) is 4.46. The Balaban J connectivity index is 2.32. The van der Waals surface area contributed by atoms with Crippen molar-refractivity contribution in [3.63, 3.8) is 0 Å². The Bertz CT molecular complexity index is 961. The molecule has 0 aliphatic carbocycles. The first-order valence-corrected chi connectivity index (χ1v) is 9.08. The topological polar surface area (TPSA) is 69.2 Å². The summed E-state index contributed by atoms with van der Waals surface area (Å²) in [4.78, 5) is 22.3. The molecule has 0 heterocycles. The highest BCUT2D eigenvalue weighted by molar-refractivity contribution is 5.99. The Hall–Kier alpha value is -2.98. The third-order valence-electron chi connectivity index (χ3n) is 4.52. The van der Waals surface area contributed by atoms with Gasteiger partial charge in [0.1, 0.15) is 12.4 Å². The van der Waals surface area contributed by atoms with E-state index >= 15 is 0 Å². The second-order valence-electron chi connectivity index (χ2n) is 6.56. The number of methoxy groups -OCH3 is 1. The monoisotopic (exact) mass is 442 g/mol. The summed E-state index contributed by atoms with van der Waals surface area (Å²) in [6.45, 7) is 2.97. The predicted molar refractivity (Wildman–Crippen MR) is 104 cm³/mol. The highest BCUT2D eigenvalue weighted by atomic mass is 19.4. The molecule has 0 radical (unpaired) electrons. The number of benzene rings is 2. The third-order valence-corrected chi connectivity index (χ3v) is 4.52. The molecule has 6 nitrogen and oxygen atoms in total. The van der Waals surface area contributed by atoms with Crippen molar-refractivity contribution in [1.82, 2.24) is 5.48 Å². The molecule has 10 heteroatoms. The minimum Gasteiger partial charge on any atom is -0.468 e. The van der Waals surface area contributed by atoms with Gasteiger partial charge in [-0.3, -0.25) is 0 Å². The quantitative estimate of drug-likeness (QED) is 0.283. The van der Waals surface area contributed by atoms with Crippen LogP contribution in [0.2, 0.25) is 0 Å². The van der Waals surface area contributed by atoms with Gasteiger partial charge in [0.15, 0.2) is 6.04 Å². The van der Waals surface area contributed by atoms with Gasteiger partial charge in [-0.1, -0.05) is 23.4 Å². The second kappa shape index (κ2) is 10.4. The number of nitrogens with one attached hydrogen (secondary N) is 1. The molecule has 0 aliphatic heterocycles. The van der Waals surface area contributed by atoms with E-state index in [0.717, 1.165) is 17.7 Å². The number of oxime groups is 1. The molecule has 0 amide bonds. The van der Waals surface area contributed by atoms with Gasteiger partial charge in [-0.25, -0.2) is 9.18 Å². The molecule has 168 valence electrons. The first-order chi connectivity index (χ1) is 14.6. The molecule has 31 heavy (non-hydrogen) atoms. The van der Waals surface area contributed by atoms with E-state index in [1.807, 2.05) is 0 Å². The van der Waals surface area contributed by atoms with Gasteiger partial charge in [0.05, 0.1) is 25.5 Å². The maximum Gasteiger partial charge on any atom is 0.417 e. The average molecular weight is 442 g/mol. The fourth-order valence-corrected chi connectivity index (χ4v) is 2.98. The van der Waals surface area contributed by atoms with E-state index < -0.39 is 29.6 Å². The number of hydrogen-bond donors (Lipinski definition) is 1. The molecule has 1 unspecified atom stereocenters. The molecule has 2 rings (SSSR count). The largest absolute Gasteiger partial charge is 0.468 e. The lowest BCUT2D eigenvalue weighted by atomic mass is 9.97. The van der Waals surface area contributed by atoms with Crippen LogP contribution < -0.4 is 5.48 Å². The van der Waals surface area contributed by atoms with Gasteiger partial charge in [0, 0.05) is 11.1 Å². The lowest BCUT2D eigenvalue weighted by Crippen LogP contribution is -2.30. The van der Waals surface area contributed by atoms with Crippen molar-refractivity contribution < 1.29 is 36.8 Å². The zero-order valence-electron chi connectivity index (χ0n) is 17.3. The zero-order chi connectivity index (χ0) is 23.2. The Morgan fingerprint density at radius 3 is 2.52 bits per heavy atom. The van der Waals surface area contributed by atoms with Crippen molar-refractivity contribution in [2.45, 2.75) is 32.7 Å². The van der Waals surface area contributed by atoms with Crippen LogP contribution in [0.25, 0.3) is 0 Å². The van der Waals surface area contributed by atoms with E-state index in [0.29, 0.717) is 17.2 Å². The van der Waals surface area contributed by atoms with Gasteiger partial charge >= 0.3 is 12.1 Å². The Kier molecular flexibility index (Phi) is 8.12. The molecule has 0 fully saturated rings. The molecule has 2 aromatic carbocycles. The van der Waals surface area contributed by atoms with Crippen molar-refractivity contribution in [1.29, 1.82) is 0 Å². The van der Waals surface area contributed by atoms with Gasteiger partial charge in [0.2, 0.25) is 0 Å². The lowest BCUT2D eigenvalue weighted by molar-refractivity contribution is -0.147. The summed E-state index contributed by atoms with van der Waals surface area (Å²) in [6, 6.07) is 6.54. The molecule has 0 bridgehead atoms. The summed E-state index contributed by atoms with van der Waals surface area (Å²) in [5.74, 6) is -1.61. The Labute approximate surface area is 176 Å². The van der Waals surface area contributed by atoms with Crippen molar-refractivity contribution in [2.75, 3.05) is 14.2 Å². The first-order valence-electron chi connectivity index (χ1n) is 9.08. The summed E-state index contributed by atoms with van der Waals surface area (Å²) in [7, 11) is 2.57. The maximum absolute atomic E-state index is 13.3. The van der Waals surface area contributed by atoms with E-state index in [9.17, 15) is 22.4 Å². The van der Waals surface area contributed by atoms with Crippen LogP contribution in [0.1, 0.15) is 40.8 Å². The van der Waals surface area contributed by atoms with Gasteiger partial charge in [0.25, 0.3) is 0 Å². The molecule has 0 saturated heterocycles. The van der Waals surface area contributed by atoms with Gasteiger partial charge < -0.3 is 14.4 Å². The fourth-order valence-electron chi connectivity index (χ4n) is 2.98. The number of alkyl halides is 3. The zero-order valence-corrected chi connectivity index (χ0v) is 17.3. The Morgan fingerprint density at radius 1 is 1.19 bits per heavy atom. The van der Waals surface area contributed by atoms with E-state index in [-0.39, 0.29) is 17.9 Å². The average Bonchev–Trinajstić information content (AvgIpc) is 2.72.